The molecule has 0 fully saturated rings. The predicted molar refractivity (Wildman–Crippen MR) is 94.1 cm³/mol. The largest absolute Gasteiger partial charge is 0.336 e. The van der Waals surface area contributed by atoms with Crippen LogP contribution in [0.3, 0.4) is 0 Å². The van der Waals surface area contributed by atoms with E-state index in [4.69, 9.17) is 0 Å². The fourth-order valence-corrected chi connectivity index (χ4v) is 3.18. The van der Waals surface area contributed by atoms with Crippen LogP contribution in [-0.4, -0.2) is 41.7 Å². The van der Waals surface area contributed by atoms with Crippen LogP contribution in [0.15, 0.2) is 47.9 Å². The molecule has 3 aromatic heterocycles. The Balaban J connectivity index is 1.60. The molecule has 0 saturated heterocycles. The Hall–Kier alpha value is -3.29. The monoisotopic (exact) mass is 350 g/mol. The fourth-order valence-electron chi connectivity index (χ4n) is 3.18. The van der Waals surface area contributed by atoms with Crippen molar-refractivity contribution in [3.63, 3.8) is 0 Å². The Morgan fingerprint density at radius 1 is 1.27 bits per heavy atom. The van der Waals surface area contributed by atoms with Gasteiger partial charge in [-0.1, -0.05) is 6.07 Å². The van der Waals surface area contributed by atoms with Crippen LogP contribution >= 0.6 is 0 Å². The van der Waals surface area contributed by atoms with Crippen LogP contribution in [0.4, 0.5) is 0 Å². The maximum absolute atomic E-state index is 12.7. The number of rotatable bonds is 3. The van der Waals surface area contributed by atoms with E-state index in [0.29, 0.717) is 19.5 Å². The van der Waals surface area contributed by atoms with E-state index in [2.05, 4.69) is 15.1 Å². The van der Waals surface area contributed by atoms with Crippen molar-refractivity contribution < 1.29 is 4.79 Å². The summed E-state index contributed by atoms with van der Waals surface area (Å²) in [4.78, 5) is 35.1. The number of carbonyl (C=O) groups is 1. The van der Waals surface area contributed by atoms with E-state index in [1.54, 1.807) is 40.4 Å². The Bertz CT molecular complexity index is 1020. The highest BCUT2D eigenvalue weighted by Gasteiger charge is 2.25. The van der Waals surface area contributed by atoms with Crippen LogP contribution in [0.25, 0.3) is 11.3 Å². The Labute approximate surface area is 149 Å². The normalized spacial score (nSPS) is 13.5. The topological polar surface area (TPSA) is 85.9 Å². The van der Waals surface area contributed by atoms with Crippen molar-refractivity contribution in [2.24, 2.45) is 7.05 Å². The number of aromatic nitrogens is 5. The van der Waals surface area contributed by atoms with E-state index in [9.17, 15) is 9.59 Å². The minimum Gasteiger partial charge on any atom is -0.336 e. The highest BCUT2D eigenvalue weighted by molar-refractivity contribution is 5.77. The molecule has 4 rings (SSSR count). The van der Waals surface area contributed by atoms with Gasteiger partial charge in [-0.05, 0) is 6.07 Å². The molecule has 8 nitrogen and oxygen atoms in total. The lowest BCUT2D eigenvalue weighted by atomic mass is 10.0. The lowest BCUT2D eigenvalue weighted by Crippen LogP contribution is -2.40. The molecule has 0 aromatic carbocycles. The molecule has 0 N–H and O–H groups in total. The summed E-state index contributed by atoms with van der Waals surface area (Å²) in [6.45, 7) is 1.04. The first kappa shape index (κ1) is 16.2. The van der Waals surface area contributed by atoms with Gasteiger partial charge in [-0.25, -0.2) is 9.97 Å². The van der Waals surface area contributed by atoms with E-state index in [1.165, 1.54) is 10.6 Å². The van der Waals surface area contributed by atoms with Crippen LogP contribution < -0.4 is 5.56 Å². The van der Waals surface area contributed by atoms with E-state index in [0.717, 1.165) is 22.5 Å². The second kappa shape index (κ2) is 6.55. The molecule has 0 spiro atoms. The van der Waals surface area contributed by atoms with Gasteiger partial charge in [-0.15, -0.1) is 0 Å². The lowest BCUT2D eigenvalue weighted by Gasteiger charge is -2.29. The lowest BCUT2D eigenvalue weighted by molar-refractivity contribution is -0.132. The highest BCUT2D eigenvalue weighted by atomic mass is 16.2. The summed E-state index contributed by atoms with van der Waals surface area (Å²) in [6.07, 6.45) is 7.50. The molecule has 4 heterocycles. The van der Waals surface area contributed by atoms with Gasteiger partial charge in [0.1, 0.15) is 12.9 Å². The number of nitrogens with zero attached hydrogens (tertiary/aromatic N) is 6. The Morgan fingerprint density at radius 2 is 2.15 bits per heavy atom. The first-order valence-electron chi connectivity index (χ1n) is 8.37. The standard InChI is InChI=1S/C18H18N6O2/c1-22-9-13(8-21-22)18-14-10-24(7-5-15(14)19-12-20-18)17(26)11-23-6-3-2-4-16(23)25/h2-4,6,8-9,12H,5,7,10-11H2,1H3. The molecule has 132 valence electrons. The second-order valence-electron chi connectivity index (χ2n) is 6.28. The third-order valence-corrected chi connectivity index (χ3v) is 4.54. The number of amides is 1. The molecule has 0 atom stereocenters. The van der Waals surface area contributed by atoms with Crippen molar-refractivity contribution in [2.45, 2.75) is 19.5 Å². The zero-order valence-electron chi connectivity index (χ0n) is 14.4. The molecular weight excluding hydrogens is 332 g/mol. The quantitative estimate of drug-likeness (QED) is 0.691. The molecule has 1 aliphatic rings. The molecule has 0 saturated carbocycles. The second-order valence-corrected chi connectivity index (χ2v) is 6.28. The summed E-state index contributed by atoms with van der Waals surface area (Å²) < 4.78 is 3.14. The zero-order valence-corrected chi connectivity index (χ0v) is 14.4. The fraction of sp³-hybridized carbons (Fsp3) is 0.278. The van der Waals surface area contributed by atoms with E-state index < -0.39 is 0 Å². The van der Waals surface area contributed by atoms with Crippen LogP contribution in [0, 0.1) is 0 Å². The number of pyridine rings is 1. The van der Waals surface area contributed by atoms with Crippen molar-refractivity contribution >= 4 is 5.91 Å². The van der Waals surface area contributed by atoms with E-state index >= 15 is 0 Å². The molecule has 26 heavy (non-hydrogen) atoms. The van der Waals surface area contributed by atoms with Gasteiger partial charge in [0.05, 0.1) is 17.6 Å². The van der Waals surface area contributed by atoms with Crippen LogP contribution in [0.5, 0.6) is 0 Å². The van der Waals surface area contributed by atoms with Crippen molar-refractivity contribution in [1.29, 1.82) is 0 Å². The third-order valence-electron chi connectivity index (χ3n) is 4.54. The smallest absolute Gasteiger partial charge is 0.250 e. The molecule has 0 aliphatic carbocycles. The summed E-state index contributed by atoms with van der Waals surface area (Å²) >= 11 is 0. The molecule has 0 bridgehead atoms. The van der Waals surface area contributed by atoms with Gasteiger partial charge in [-0.3, -0.25) is 14.3 Å². The number of hydrogen-bond donors (Lipinski definition) is 0. The Morgan fingerprint density at radius 3 is 2.92 bits per heavy atom. The van der Waals surface area contributed by atoms with Gasteiger partial charge in [0, 0.05) is 56.1 Å². The minimum atomic E-state index is -0.183. The number of hydrogen-bond acceptors (Lipinski definition) is 5. The van der Waals surface area contributed by atoms with Crippen molar-refractivity contribution in [2.75, 3.05) is 6.54 Å². The first-order valence-corrected chi connectivity index (χ1v) is 8.37. The summed E-state index contributed by atoms with van der Waals surface area (Å²) in [5.74, 6) is -0.0926. The van der Waals surface area contributed by atoms with E-state index in [1.807, 2.05) is 13.2 Å². The third kappa shape index (κ3) is 3.01. The maximum Gasteiger partial charge on any atom is 0.250 e. The van der Waals surface area contributed by atoms with Gasteiger partial charge < -0.3 is 9.47 Å². The molecule has 8 heteroatoms. The molecule has 3 aromatic rings. The summed E-state index contributed by atoms with van der Waals surface area (Å²) in [5, 5.41) is 4.20. The van der Waals surface area contributed by atoms with E-state index in [-0.39, 0.29) is 18.0 Å². The number of aryl methyl sites for hydroxylation is 1. The SMILES string of the molecule is Cn1cc(-c2ncnc3c2CN(C(=O)Cn2ccccc2=O)CC3)cn1. The maximum atomic E-state index is 12.7. The van der Waals surface area contributed by atoms with Crippen LogP contribution in [0.1, 0.15) is 11.3 Å². The van der Waals surface area contributed by atoms with Gasteiger partial charge >= 0.3 is 0 Å². The predicted octanol–water partition coefficient (Wildman–Crippen LogP) is 0.624. The van der Waals surface area contributed by atoms with Crippen LogP contribution in [-0.2, 0) is 31.4 Å². The molecule has 0 unspecified atom stereocenters. The number of fused-ring (bicyclic) bond motifs is 1. The van der Waals surface area contributed by atoms with Gasteiger partial charge in [-0.2, -0.15) is 5.10 Å². The molecule has 0 radical (unpaired) electrons. The van der Waals surface area contributed by atoms with Crippen molar-refractivity contribution in [3.05, 3.63) is 64.7 Å². The van der Waals surface area contributed by atoms with Crippen molar-refractivity contribution in [3.8, 4) is 11.3 Å². The Kier molecular flexibility index (Phi) is 4.08. The molecule has 1 aliphatic heterocycles. The van der Waals surface area contributed by atoms with Crippen LogP contribution in [0.2, 0.25) is 0 Å². The average molecular weight is 350 g/mol. The molecular formula is C18H18N6O2. The summed E-state index contributed by atoms with van der Waals surface area (Å²) in [7, 11) is 1.85. The minimum absolute atomic E-state index is 0.0327. The zero-order chi connectivity index (χ0) is 18.1. The first-order chi connectivity index (χ1) is 12.6. The molecule has 1 amide bonds. The van der Waals surface area contributed by atoms with Crippen molar-refractivity contribution in [1.82, 2.24) is 29.2 Å². The average Bonchev–Trinajstić information content (AvgIpc) is 3.09. The van der Waals surface area contributed by atoms with Gasteiger partial charge in [0.25, 0.3) is 5.56 Å². The summed E-state index contributed by atoms with van der Waals surface area (Å²) in [6, 6.07) is 4.86. The van der Waals surface area contributed by atoms with Gasteiger partial charge in [0.15, 0.2) is 0 Å². The highest BCUT2D eigenvalue weighted by Crippen LogP contribution is 2.27. The summed E-state index contributed by atoms with van der Waals surface area (Å²) in [5.41, 5.74) is 3.43. The van der Waals surface area contributed by atoms with Gasteiger partial charge in [0.2, 0.25) is 5.91 Å². The number of carbonyl (C=O) groups excluding carboxylic acids is 1.